The minimum Gasteiger partial charge on any atom is -0.285 e. The highest BCUT2D eigenvalue weighted by atomic mass is 16.2. The van der Waals surface area contributed by atoms with E-state index in [0.29, 0.717) is 11.1 Å². The van der Waals surface area contributed by atoms with Gasteiger partial charge in [0.05, 0.1) is 0 Å². The lowest BCUT2D eigenvalue weighted by molar-refractivity contribution is 0.0817. The van der Waals surface area contributed by atoms with Crippen LogP contribution < -0.4 is 0 Å². The first-order valence-corrected chi connectivity index (χ1v) is 9.04. The molecule has 128 valence electrons. The minimum atomic E-state index is -0.444. The van der Waals surface area contributed by atoms with Crippen LogP contribution in [0.15, 0.2) is 72.8 Å². The maximum atomic E-state index is 12.5. The molecular formula is C24H20O2. The Kier molecular flexibility index (Phi) is 4.49. The van der Waals surface area contributed by atoms with Gasteiger partial charge in [0.15, 0.2) is 0 Å². The highest BCUT2D eigenvalue weighted by Gasteiger charge is 2.18. The molecule has 4 aliphatic rings. The van der Waals surface area contributed by atoms with Crippen LogP contribution in [0.3, 0.4) is 0 Å². The lowest BCUT2D eigenvalue weighted by Gasteiger charge is -2.08. The number of ketones is 2. The van der Waals surface area contributed by atoms with Gasteiger partial charge in [0.25, 0.3) is 0 Å². The van der Waals surface area contributed by atoms with Crippen LogP contribution in [0.4, 0.5) is 0 Å². The summed E-state index contributed by atoms with van der Waals surface area (Å²) in [7, 11) is 0. The van der Waals surface area contributed by atoms with Crippen molar-refractivity contribution in [3.8, 4) is 0 Å². The van der Waals surface area contributed by atoms with Crippen LogP contribution in [0.25, 0.3) is 0 Å². The Morgan fingerprint density at radius 3 is 0.885 bits per heavy atom. The average Bonchev–Trinajstić information content (AvgIpc) is 2.71. The summed E-state index contributed by atoms with van der Waals surface area (Å²) in [6.07, 6.45) is 3.77. The van der Waals surface area contributed by atoms with Crippen molar-refractivity contribution >= 4 is 11.6 Å². The van der Waals surface area contributed by atoms with Crippen LogP contribution in [0, 0.1) is 0 Å². The van der Waals surface area contributed by atoms with Crippen molar-refractivity contribution in [1.82, 2.24) is 0 Å². The Labute approximate surface area is 153 Å². The largest absolute Gasteiger partial charge is 0.285 e. The summed E-state index contributed by atoms with van der Waals surface area (Å²) < 4.78 is 0. The van der Waals surface area contributed by atoms with E-state index < -0.39 is 11.6 Å². The molecule has 4 aliphatic carbocycles. The first kappa shape index (κ1) is 16.5. The van der Waals surface area contributed by atoms with Gasteiger partial charge in [-0.1, -0.05) is 72.8 Å². The SMILES string of the molecule is O=C1C(=O)c2ccc(cc2)CCc2ccc(cc2)CCc2ccc1cc2. The van der Waals surface area contributed by atoms with Crippen LogP contribution in [-0.2, 0) is 25.7 Å². The zero-order chi connectivity index (χ0) is 17.9. The van der Waals surface area contributed by atoms with E-state index in [1.807, 2.05) is 24.3 Å². The molecule has 0 aromatic heterocycles. The van der Waals surface area contributed by atoms with Crippen molar-refractivity contribution in [2.75, 3.05) is 0 Å². The molecular weight excluding hydrogens is 320 g/mol. The zero-order valence-corrected chi connectivity index (χ0v) is 14.6. The molecule has 6 bridgehead atoms. The van der Waals surface area contributed by atoms with Gasteiger partial charge in [-0.25, -0.2) is 0 Å². The summed E-state index contributed by atoms with van der Waals surface area (Å²) in [4.78, 5) is 24.9. The summed E-state index contributed by atoms with van der Waals surface area (Å²) in [5.41, 5.74) is 5.87. The van der Waals surface area contributed by atoms with E-state index in [-0.39, 0.29) is 0 Å². The third kappa shape index (κ3) is 3.50. The molecule has 0 saturated carbocycles. The van der Waals surface area contributed by atoms with Gasteiger partial charge in [0.2, 0.25) is 11.6 Å². The Morgan fingerprint density at radius 1 is 0.385 bits per heavy atom. The van der Waals surface area contributed by atoms with E-state index in [0.717, 1.165) is 25.7 Å². The normalized spacial score (nSPS) is 14.5. The Balaban J connectivity index is 1.70. The van der Waals surface area contributed by atoms with Crippen LogP contribution in [0.5, 0.6) is 0 Å². The van der Waals surface area contributed by atoms with Crippen molar-refractivity contribution in [3.63, 3.8) is 0 Å². The smallest absolute Gasteiger partial charge is 0.233 e. The Morgan fingerprint density at radius 2 is 0.615 bits per heavy atom. The number of hydrogen-bond acceptors (Lipinski definition) is 2. The van der Waals surface area contributed by atoms with E-state index >= 15 is 0 Å². The van der Waals surface area contributed by atoms with Crippen molar-refractivity contribution in [1.29, 1.82) is 0 Å². The van der Waals surface area contributed by atoms with Crippen LogP contribution in [0.1, 0.15) is 43.0 Å². The van der Waals surface area contributed by atoms with Gasteiger partial charge in [-0.3, -0.25) is 9.59 Å². The number of fused-ring (bicyclic) bond motifs is 3. The fourth-order valence-electron chi connectivity index (χ4n) is 3.36. The molecule has 0 N–H and O–H groups in total. The highest BCUT2D eigenvalue weighted by Crippen LogP contribution is 2.16. The molecule has 0 fully saturated rings. The fourth-order valence-corrected chi connectivity index (χ4v) is 3.36. The summed E-state index contributed by atoms with van der Waals surface area (Å²) in [6, 6.07) is 23.6. The predicted molar refractivity (Wildman–Crippen MR) is 103 cm³/mol. The first-order chi connectivity index (χ1) is 12.7. The number of hydrogen-bond donors (Lipinski definition) is 0. The lowest BCUT2D eigenvalue weighted by atomic mass is 9.96. The average molecular weight is 340 g/mol. The molecule has 0 spiro atoms. The molecule has 0 amide bonds. The van der Waals surface area contributed by atoms with E-state index in [9.17, 15) is 9.59 Å². The highest BCUT2D eigenvalue weighted by molar-refractivity contribution is 6.49. The molecule has 7 rings (SSSR count). The molecule has 0 radical (unpaired) electrons. The number of benzene rings is 3. The van der Waals surface area contributed by atoms with E-state index in [2.05, 4.69) is 24.3 Å². The van der Waals surface area contributed by atoms with Crippen LogP contribution in [-0.4, -0.2) is 11.6 Å². The number of aryl methyl sites for hydroxylation is 4. The van der Waals surface area contributed by atoms with Crippen LogP contribution in [0.2, 0.25) is 0 Å². The third-order valence-corrected chi connectivity index (χ3v) is 5.07. The van der Waals surface area contributed by atoms with Gasteiger partial charge >= 0.3 is 0 Å². The fraction of sp³-hybridized carbons (Fsp3) is 0.167. The van der Waals surface area contributed by atoms with E-state index in [4.69, 9.17) is 0 Å². The van der Waals surface area contributed by atoms with Gasteiger partial charge in [-0.2, -0.15) is 0 Å². The predicted octanol–water partition coefficient (Wildman–Crippen LogP) is 4.64. The molecule has 0 saturated heterocycles. The van der Waals surface area contributed by atoms with Gasteiger partial charge in [0, 0.05) is 11.1 Å². The second-order valence-electron chi connectivity index (χ2n) is 6.87. The zero-order valence-electron chi connectivity index (χ0n) is 14.6. The summed E-state index contributed by atoms with van der Waals surface area (Å²) in [6.45, 7) is 0. The molecule has 0 heterocycles. The second-order valence-corrected chi connectivity index (χ2v) is 6.87. The summed E-state index contributed by atoms with van der Waals surface area (Å²) in [5.74, 6) is -0.888. The number of rotatable bonds is 0. The molecule has 2 heteroatoms. The molecule has 2 nitrogen and oxygen atoms in total. The second kappa shape index (κ2) is 7.09. The molecule has 0 unspecified atom stereocenters. The molecule has 0 aliphatic heterocycles. The standard InChI is InChI=1S/C24H20O2/c25-23-21-13-9-19(10-14-21)7-5-17-1-2-18(4-3-17)6-8-20-11-15-22(16-12-20)24(23)26/h1-4,9-16H,5-8H2. The third-order valence-electron chi connectivity index (χ3n) is 5.07. The number of carbonyl (C=O) groups is 2. The van der Waals surface area contributed by atoms with Crippen molar-refractivity contribution in [2.45, 2.75) is 25.7 Å². The van der Waals surface area contributed by atoms with Gasteiger partial charge in [0.1, 0.15) is 0 Å². The van der Waals surface area contributed by atoms with Crippen molar-refractivity contribution < 1.29 is 9.59 Å². The topological polar surface area (TPSA) is 34.1 Å². The number of carbonyl (C=O) groups excluding carboxylic acids is 2. The van der Waals surface area contributed by atoms with Crippen molar-refractivity contribution in [2.24, 2.45) is 0 Å². The van der Waals surface area contributed by atoms with Crippen molar-refractivity contribution in [3.05, 3.63) is 106 Å². The quantitative estimate of drug-likeness (QED) is 0.559. The van der Waals surface area contributed by atoms with E-state index in [1.54, 1.807) is 24.3 Å². The van der Waals surface area contributed by atoms with Crippen LogP contribution >= 0.6 is 0 Å². The Hall–Kier alpha value is -3.00. The maximum absolute atomic E-state index is 12.5. The van der Waals surface area contributed by atoms with Gasteiger partial charge < -0.3 is 0 Å². The molecule has 26 heavy (non-hydrogen) atoms. The van der Waals surface area contributed by atoms with Gasteiger partial charge in [-0.15, -0.1) is 0 Å². The molecule has 3 aromatic rings. The Bertz CT molecular complexity index is 853. The monoisotopic (exact) mass is 340 g/mol. The molecule has 3 aromatic carbocycles. The number of Topliss-reactive ketones (excluding diaryl/α,β-unsaturated/α-hetero) is 2. The van der Waals surface area contributed by atoms with Gasteiger partial charge in [-0.05, 0) is 47.9 Å². The van der Waals surface area contributed by atoms with E-state index in [1.165, 1.54) is 22.3 Å². The molecule has 0 atom stereocenters. The summed E-state index contributed by atoms with van der Waals surface area (Å²) in [5, 5.41) is 0. The lowest BCUT2D eigenvalue weighted by Crippen LogP contribution is -2.14. The summed E-state index contributed by atoms with van der Waals surface area (Å²) >= 11 is 0. The first-order valence-electron chi connectivity index (χ1n) is 9.04. The maximum Gasteiger partial charge on any atom is 0.233 e. The minimum absolute atomic E-state index is 0.444.